The predicted molar refractivity (Wildman–Crippen MR) is 47.6 cm³/mol. The van der Waals surface area contributed by atoms with Gasteiger partial charge in [-0.3, -0.25) is 0 Å². The number of benzene rings is 1. The number of nitrogens with one attached hydrogen (secondary N) is 1. The van der Waals surface area contributed by atoms with E-state index in [9.17, 15) is 0 Å². The number of aromatic amines is 1. The Morgan fingerprint density at radius 1 is 1.31 bits per heavy atom. The van der Waals surface area contributed by atoms with Crippen LogP contribution in [0.3, 0.4) is 0 Å². The van der Waals surface area contributed by atoms with Gasteiger partial charge in [-0.25, -0.2) is 5.10 Å². The molecule has 8 heteroatoms. The van der Waals surface area contributed by atoms with Crippen LogP contribution in [0.1, 0.15) is 0 Å². The van der Waals surface area contributed by atoms with Crippen molar-refractivity contribution in [1.82, 2.24) is 20.6 Å². The van der Waals surface area contributed by atoms with E-state index in [0.717, 1.165) is 5.56 Å². The van der Waals surface area contributed by atoms with E-state index < -0.39 is 6.16 Å². The SMILES string of the molecule is O=C([O-])O.[Na+].c1ccc(-c2nnn[nH]2)cc1. The largest absolute Gasteiger partial charge is 1.00 e. The topological polar surface area (TPSA) is 115 Å². The zero-order valence-corrected chi connectivity index (χ0v) is 10.5. The Hall–Kier alpha value is -1.44. The van der Waals surface area contributed by atoms with Gasteiger partial charge in [0, 0.05) is 5.56 Å². The summed E-state index contributed by atoms with van der Waals surface area (Å²) in [6, 6.07) is 9.73. The van der Waals surface area contributed by atoms with E-state index in [-0.39, 0.29) is 29.6 Å². The third-order valence-corrected chi connectivity index (χ3v) is 1.39. The van der Waals surface area contributed by atoms with Crippen molar-refractivity contribution in [3.05, 3.63) is 30.3 Å². The van der Waals surface area contributed by atoms with E-state index >= 15 is 0 Å². The fraction of sp³-hybridized carbons (Fsp3) is 0. The molecule has 0 aliphatic rings. The van der Waals surface area contributed by atoms with Crippen LogP contribution in [-0.4, -0.2) is 31.9 Å². The molecule has 0 saturated carbocycles. The Kier molecular flexibility index (Phi) is 7.10. The smallest absolute Gasteiger partial charge is 0.565 e. The van der Waals surface area contributed by atoms with Crippen LogP contribution in [0.15, 0.2) is 30.3 Å². The summed E-state index contributed by atoms with van der Waals surface area (Å²) in [4.78, 5) is 8.44. The van der Waals surface area contributed by atoms with Gasteiger partial charge in [0.2, 0.25) is 6.16 Å². The van der Waals surface area contributed by atoms with Crippen molar-refractivity contribution in [2.75, 3.05) is 0 Å². The molecule has 0 fully saturated rings. The van der Waals surface area contributed by atoms with Gasteiger partial charge in [-0.15, -0.1) is 5.10 Å². The molecular formula is C8H7N4NaO3. The summed E-state index contributed by atoms with van der Waals surface area (Å²) in [6.45, 7) is 0. The molecule has 0 saturated heterocycles. The number of rotatable bonds is 1. The molecule has 16 heavy (non-hydrogen) atoms. The van der Waals surface area contributed by atoms with Crippen molar-refractivity contribution in [3.8, 4) is 11.4 Å². The van der Waals surface area contributed by atoms with Gasteiger partial charge in [0.15, 0.2) is 5.82 Å². The van der Waals surface area contributed by atoms with E-state index in [1.165, 1.54) is 0 Å². The Bertz CT molecular complexity index is 402. The second kappa shape index (κ2) is 7.80. The molecule has 0 radical (unpaired) electrons. The molecule has 1 aromatic heterocycles. The Balaban J connectivity index is 0.000000397. The average Bonchev–Trinajstić information content (AvgIpc) is 2.71. The van der Waals surface area contributed by atoms with Crippen molar-refractivity contribution in [2.45, 2.75) is 0 Å². The first-order valence-corrected chi connectivity index (χ1v) is 3.89. The van der Waals surface area contributed by atoms with Crippen LogP contribution in [0.5, 0.6) is 0 Å². The molecule has 7 nitrogen and oxygen atoms in total. The van der Waals surface area contributed by atoms with Gasteiger partial charge in [0.25, 0.3) is 0 Å². The summed E-state index contributed by atoms with van der Waals surface area (Å²) in [5.74, 6) is 0.700. The molecule has 0 amide bonds. The summed E-state index contributed by atoms with van der Waals surface area (Å²) >= 11 is 0. The van der Waals surface area contributed by atoms with Crippen molar-refractivity contribution in [1.29, 1.82) is 0 Å². The first-order valence-electron chi connectivity index (χ1n) is 3.89. The van der Waals surface area contributed by atoms with E-state index in [2.05, 4.69) is 20.6 Å². The monoisotopic (exact) mass is 230 g/mol. The van der Waals surface area contributed by atoms with Gasteiger partial charge in [-0.2, -0.15) is 0 Å². The van der Waals surface area contributed by atoms with Crippen molar-refractivity contribution in [3.63, 3.8) is 0 Å². The number of carbonyl (C=O) groups is 1. The van der Waals surface area contributed by atoms with Crippen molar-refractivity contribution >= 4 is 6.16 Å². The third-order valence-electron chi connectivity index (χ3n) is 1.39. The van der Waals surface area contributed by atoms with Gasteiger partial charge in [0.1, 0.15) is 0 Å². The quantitative estimate of drug-likeness (QED) is 0.497. The molecular weight excluding hydrogens is 223 g/mol. The molecule has 0 atom stereocenters. The summed E-state index contributed by atoms with van der Waals surface area (Å²) in [5.41, 5.74) is 0.998. The maximum atomic E-state index is 8.44. The maximum absolute atomic E-state index is 8.44. The normalized spacial score (nSPS) is 8.25. The number of H-pyrrole nitrogens is 1. The molecule has 2 aromatic rings. The number of hydrogen-bond acceptors (Lipinski definition) is 5. The number of nitrogens with zero attached hydrogens (tertiary/aromatic N) is 3. The zero-order valence-electron chi connectivity index (χ0n) is 8.49. The number of tetrazole rings is 1. The minimum absolute atomic E-state index is 0. The fourth-order valence-electron chi connectivity index (χ4n) is 0.877. The molecule has 0 aliphatic heterocycles. The van der Waals surface area contributed by atoms with Gasteiger partial charge in [0.05, 0.1) is 0 Å². The molecule has 0 unspecified atom stereocenters. The van der Waals surface area contributed by atoms with E-state index in [1.807, 2.05) is 30.3 Å². The van der Waals surface area contributed by atoms with Crippen LogP contribution in [0.25, 0.3) is 11.4 Å². The Labute approximate surface area is 113 Å². The van der Waals surface area contributed by atoms with Crippen LogP contribution in [-0.2, 0) is 0 Å². The van der Waals surface area contributed by atoms with E-state index in [1.54, 1.807) is 0 Å². The zero-order chi connectivity index (χ0) is 11.1. The minimum Gasteiger partial charge on any atom is -0.565 e. The van der Waals surface area contributed by atoms with Gasteiger partial charge in [-0.05, 0) is 10.4 Å². The summed E-state index contributed by atoms with van der Waals surface area (Å²) in [5, 5.41) is 28.7. The number of aromatic nitrogens is 4. The molecule has 2 N–H and O–H groups in total. The third kappa shape index (κ3) is 5.44. The standard InChI is InChI=1S/C7H6N4.CH2O3.Na/c1-2-4-6(5-3-1)7-8-10-11-9-7;2-1(3)4;/h1-5H,(H,8,9,10,11);(H2,2,3,4);/q;;+1/p-1. The number of hydrogen-bond donors (Lipinski definition) is 2. The average molecular weight is 230 g/mol. The fourth-order valence-corrected chi connectivity index (χ4v) is 0.877. The van der Waals surface area contributed by atoms with Crippen molar-refractivity contribution in [2.24, 2.45) is 0 Å². The van der Waals surface area contributed by atoms with Crippen LogP contribution < -0.4 is 34.7 Å². The maximum Gasteiger partial charge on any atom is 1.00 e. The molecule has 78 valence electrons. The first-order chi connectivity index (χ1) is 7.20. The second-order valence-electron chi connectivity index (χ2n) is 2.38. The number of carboxylic acid groups (broad SMARTS) is 2. The van der Waals surface area contributed by atoms with E-state index in [4.69, 9.17) is 15.0 Å². The molecule has 2 rings (SSSR count). The van der Waals surface area contributed by atoms with Gasteiger partial charge in [-0.1, -0.05) is 30.3 Å². The predicted octanol–water partition coefficient (Wildman–Crippen LogP) is -3.24. The van der Waals surface area contributed by atoms with Crippen LogP contribution in [0.4, 0.5) is 4.79 Å². The van der Waals surface area contributed by atoms with E-state index in [0.29, 0.717) is 5.82 Å². The molecule has 0 spiro atoms. The first kappa shape index (κ1) is 14.6. The van der Waals surface area contributed by atoms with Crippen LogP contribution >= 0.6 is 0 Å². The second-order valence-corrected chi connectivity index (χ2v) is 2.38. The molecule has 0 aliphatic carbocycles. The summed E-state index contributed by atoms with van der Waals surface area (Å²) < 4.78 is 0. The molecule has 0 bridgehead atoms. The Morgan fingerprint density at radius 2 is 1.88 bits per heavy atom. The van der Waals surface area contributed by atoms with Crippen LogP contribution in [0.2, 0.25) is 0 Å². The van der Waals surface area contributed by atoms with Gasteiger partial charge < -0.3 is 15.0 Å². The minimum atomic E-state index is -2.08. The molecule has 1 aromatic carbocycles. The summed E-state index contributed by atoms with van der Waals surface area (Å²) in [6.07, 6.45) is -2.08. The van der Waals surface area contributed by atoms with Crippen LogP contribution in [0, 0.1) is 0 Å². The summed E-state index contributed by atoms with van der Waals surface area (Å²) in [7, 11) is 0. The van der Waals surface area contributed by atoms with Crippen molar-refractivity contribution < 1.29 is 44.6 Å². The Morgan fingerprint density at radius 3 is 2.31 bits per heavy atom. The van der Waals surface area contributed by atoms with Gasteiger partial charge >= 0.3 is 29.6 Å². The molecule has 1 heterocycles.